The van der Waals surface area contributed by atoms with E-state index in [4.69, 9.17) is 4.74 Å². The van der Waals surface area contributed by atoms with Gasteiger partial charge in [-0.05, 0) is 36.4 Å². The van der Waals surface area contributed by atoms with Crippen molar-refractivity contribution in [2.75, 3.05) is 4.31 Å². The fourth-order valence-electron chi connectivity index (χ4n) is 2.63. The van der Waals surface area contributed by atoms with Gasteiger partial charge in [-0.3, -0.25) is 0 Å². The predicted octanol–water partition coefficient (Wildman–Crippen LogP) is 4.71. The van der Waals surface area contributed by atoms with E-state index in [9.17, 15) is 12.8 Å². The van der Waals surface area contributed by atoms with Crippen LogP contribution in [0.25, 0.3) is 0 Å². The van der Waals surface area contributed by atoms with Gasteiger partial charge in [-0.1, -0.05) is 18.2 Å². The molecule has 30 heavy (non-hydrogen) atoms. The number of nitrogens with zero attached hydrogens (tertiary/aromatic N) is 3. The van der Waals surface area contributed by atoms with Gasteiger partial charge in [0, 0.05) is 17.0 Å². The van der Waals surface area contributed by atoms with E-state index in [1.165, 1.54) is 39.1 Å². The van der Waals surface area contributed by atoms with Crippen molar-refractivity contribution in [2.24, 2.45) is 0 Å². The topological polar surface area (TPSA) is 72.4 Å². The lowest BCUT2D eigenvalue weighted by Gasteiger charge is -2.20. The minimum Gasteiger partial charge on any atom is -0.486 e. The fourth-order valence-corrected chi connectivity index (χ4v) is 5.60. The quantitative estimate of drug-likeness (QED) is 0.380. The Balaban J connectivity index is 1.52. The van der Waals surface area contributed by atoms with E-state index >= 15 is 0 Å². The van der Waals surface area contributed by atoms with Crippen LogP contribution in [0.3, 0.4) is 0 Å². The Morgan fingerprint density at radius 1 is 1.03 bits per heavy atom. The fraction of sp³-hybridized carbons (Fsp3) is 0.100. The molecule has 0 aliphatic heterocycles. The number of anilines is 1. The maximum absolute atomic E-state index is 13.2. The lowest BCUT2D eigenvalue weighted by atomic mass is 10.3. The molecule has 0 radical (unpaired) electrons. The number of hydrogen-bond acceptors (Lipinski definition) is 7. The van der Waals surface area contributed by atoms with E-state index in [1.807, 2.05) is 0 Å². The Labute approximate surface area is 181 Å². The molecule has 2 aromatic heterocycles. The average molecular weight is 462 g/mol. The second-order valence-corrected chi connectivity index (χ2v) is 9.79. The van der Waals surface area contributed by atoms with Gasteiger partial charge in [-0.25, -0.2) is 27.1 Å². The molecule has 0 aliphatic rings. The summed E-state index contributed by atoms with van der Waals surface area (Å²) < 4.78 is 46.2. The first-order valence-corrected chi connectivity index (χ1v) is 12.0. The third-order valence-corrected chi connectivity index (χ3v) is 7.58. The van der Waals surface area contributed by atoms with Crippen molar-refractivity contribution in [2.45, 2.75) is 18.0 Å². The smallest absolute Gasteiger partial charge is 0.266 e. The van der Waals surface area contributed by atoms with Crippen LogP contribution in [-0.2, 0) is 23.2 Å². The highest BCUT2D eigenvalue weighted by atomic mass is 32.2. The minimum absolute atomic E-state index is 0.0534. The van der Waals surface area contributed by atoms with Gasteiger partial charge >= 0.3 is 0 Å². The van der Waals surface area contributed by atoms with Crippen LogP contribution in [0.4, 0.5) is 9.52 Å². The van der Waals surface area contributed by atoms with Gasteiger partial charge in [0.1, 0.15) is 23.2 Å². The summed E-state index contributed by atoms with van der Waals surface area (Å²) in [5.41, 5.74) is 0.590. The van der Waals surface area contributed by atoms with Gasteiger partial charge in [0.05, 0.1) is 17.1 Å². The van der Waals surface area contributed by atoms with Crippen LogP contribution >= 0.6 is 22.7 Å². The van der Waals surface area contributed by atoms with Gasteiger partial charge < -0.3 is 4.74 Å². The zero-order valence-electron chi connectivity index (χ0n) is 15.5. The second kappa shape index (κ2) is 8.90. The molecule has 0 spiro atoms. The molecule has 4 aromatic rings. The Morgan fingerprint density at radius 2 is 1.80 bits per heavy atom. The SMILES string of the molecule is O=S(=O)(c1ccccc1)N(Cc1csc(COc2ccc(F)cc2)n1)c1nccs1. The summed E-state index contributed by atoms with van der Waals surface area (Å²) in [7, 11) is -3.79. The van der Waals surface area contributed by atoms with E-state index < -0.39 is 10.0 Å². The third kappa shape index (κ3) is 4.66. The first-order chi connectivity index (χ1) is 14.5. The van der Waals surface area contributed by atoms with Crippen LogP contribution in [-0.4, -0.2) is 18.4 Å². The number of aromatic nitrogens is 2. The van der Waals surface area contributed by atoms with Gasteiger partial charge in [0.25, 0.3) is 10.0 Å². The molecule has 6 nitrogen and oxygen atoms in total. The van der Waals surface area contributed by atoms with Gasteiger partial charge in [-0.2, -0.15) is 0 Å². The van der Waals surface area contributed by atoms with Crippen molar-refractivity contribution < 1.29 is 17.5 Å². The Morgan fingerprint density at radius 3 is 2.50 bits per heavy atom. The summed E-state index contributed by atoms with van der Waals surface area (Å²) in [6.07, 6.45) is 1.57. The van der Waals surface area contributed by atoms with Crippen LogP contribution < -0.4 is 9.04 Å². The highest BCUT2D eigenvalue weighted by molar-refractivity contribution is 7.93. The molecule has 0 bridgehead atoms. The molecule has 2 heterocycles. The third-order valence-electron chi connectivity index (χ3n) is 4.04. The number of ether oxygens (including phenoxy) is 1. The first-order valence-electron chi connectivity index (χ1n) is 8.81. The minimum atomic E-state index is -3.79. The van der Waals surface area contributed by atoms with Crippen LogP contribution in [0, 0.1) is 5.82 Å². The monoisotopic (exact) mass is 461 g/mol. The first kappa shape index (κ1) is 20.5. The Kier molecular flexibility index (Phi) is 6.07. The number of halogens is 1. The standard InChI is InChI=1S/C20H16FN3O3S3/c21-15-6-8-17(9-7-15)27-13-19-23-16(14-29-19)12-24(20-22-10-11-28-20)30(25,26)18-4-2-1-3-5-18/h1-11,14H,12-13H2. The number of thiazole rings is 2. The van der Waals surface area contributed by atoms with Crippen molar-refractivity contribution in [3.8, 4) is 5.75 Å². The maximum atomic E-state index is 13.2. The molecule has 10 heteroatoms. The maximum Gasteiger partial charge on any atom is 0.266 e. The Hall–Kier alpha value is -2.82. The zero-order chi connectivity index (χ0) is 21.0. The normalized spacial score (nSPS) is 11.4. The highest BCUT2D eigenvalue weighted by Gasteiger charge is 2.27. The predicted molar refractivity (Wildman–Crippen MR) is 115 cm³/mol. The van der Waals surface area contributed by atoms with Crippen molar-refractivity contribution in [3.05, 3.63) is 88.1 Å². The Bertz CT molecular complexity index is 1200. The van der Waals surface area contributed by atoms with E-state index in [0.29, 0.717) is 21.6 Å². The van der Waals surface area contributed by atoms with E-state index in [0.717, 1.165) is 0 Å². The lowest BCUT2D eigenvalue weighted by Crippen LogP contribution is -2.30. The molecule has 154 valence electrons. The number of rotatable bonds is 8. The van der Waals surface area contributed by atoms with Crippen LogP contribution in [0.5, 0.6) is 5.75 Å². The summed E-state index contributed by atoms with van der Waals surface area (Å²) in [5.74, 6) is 0.199. The van der Waals surface area contributed by atoms with Crippen molar-refractivity contribution in [1.82, 2.24) is 9.97 Å². The highest BCUT2D eigenvalue weighted by Crippen LogP contribution is 2.28. The lowest BCUT2D eigenvalue weighted by molar-refractivity contribution is 0.305. The largest absolute Gasteiger partial charge is 0.486 e. The molecule has 0 N–H and O–H groups in total. The molecule has 0 saturated carbocycles. The molecule has 0 atom stereocenters. The summed E-state index contributed by atoms with van der Waals surface area (Å²) in [5, 5.41) is 4.58. The summed E-state index contributed by atoms with van der Waals surface area (Å²) >= 11 is 2.61. The summed E-state index contributed by atoms with van der Waals surface area (Å²) in [6.45, 7) is 0.261. The summed E-state index contributed by atoms with van der Waals surface area (Å²) in [6, 6.07) is 14.0. The van der Waals surface area contributed by atoms with Crippen molar-refractivity contribution in [3.63, 3.8) is 0 Å². The van der Waals surface area contributed by atoms with E-state index in [2.05, 4.69) is 9.97 Å². The molecule has 0 amide bonds. The molecule has 0 unspecified atom stereocenters. The van der Waals surface area contributed by atoms with Gasteiger partial charge in [0.2, 0.25) is 0 Å². The number of sulfonamides is 1. The molecule has 0 saturated heterocycles. The van der Waals surface area contributed by atoms with Gasteiger partial charge in [0.15, 0.2) is 5.13 Å². The molecular formula is C20H16FN3O3S3. The number of benzene rings is 2. The van der Waals surface area contributed by atoms with Gasteiger partial charge in [-0.15, -0.1) is 22.7 Å². The molecule has 0 aliphatic carbocycles. The average Bonchev–Trinajstić information content (AvgIpc) is 3.44. The second-order valence-electron chi connectivity index (χ2n) is 6.11. The zero-order valence-corrected chi connectivity index (χ0v) is 18.0. The number of hydrogen-bond donors (Lipinski definition) is 0. The van der Waals surface area contributed by atoms with Crippen LogP contribution in [0.1, 0.15) is 10.7 Å². The van der Waals surface area contributed by atoms with Crippen LogP contribution in [0.15, 0.2) is 76.4 Å². The molecule has 0 fully saturated rings. The van der Waals surface area contributed by atoms with Crippen molar-refractivity contribution >= 4 is 37.8 Å². The molecule has 4 rings (SSSR count). The summed E-state index contributed by atoms with van der Waals surface area (Å²) in [4.78, 5) is 8.86. The molecule has 2 aromatic carbocycles. The van der Waals surface area contributed by atoms with E-state index in [-0.39, 0.29) is 23.9 Å². The van der Waals surface area contributed by atoms with Crippen LogP contribution in [0.2, 0.25) is 0 Å². The van der Waals surface area contributed by atoms with Crippen molar-refractivity contribution in [1.29, 1.82) is 0 Å². The van der Waals surface area contributed by atoms with E-state index in [1.54, 1.807) is 59.4 Å². The molecular weight excluding hydrogens is 445 g/mol.